The topological polar surface area (TPSA) is 64.6 Å². The van der Waals surface area contributed by atoms with Gasteiger partial charge in [-0.3, -0.25) is 4.79 Å². The molecule has 27 heavy (non-hydrogen) atoms. The molecule has 0 aliphatic carbocycles. The van der Waals surface area contributed by atoms with Gasteiger partial charge in [-0.1, -0.05) is 42.5 Å². The van der Waals surface area contributed by atoms with Crippen molar-refractivity contribution in [2.24, 2.45) is 0 Å². The number of carbonyl (C=O) groups is 2. The van der Waals surface area contributed by atoms with Crippen molar-refractivity contribution < 1.29 is 27.8 Å². The molecule has 7 heteroatoms. The Morgan fingerprint density at radius 3 is 2.41 bits per heavy atom. The van der Waals surface area contributed by atoms with Crippen LogP contribution in [0.4, 0.5) is 8.78 Å². The van der Waals surface area contributed by atoms with E-state index < -0.39 is 12.6 Å². The molecule has 0 fully saturated rings. The van der Waals surface area contributed by atoms with Crippen LogP contribution in [0.5, 0.6) is 5.75 Å². The van der Waals surface area contributed by atoms with Gasteiger partial charge < -0.3 is 14.8 Å². The van der Waals surface area contributed by atoms with Crippen LogP contribution in [0.2, 0.25) is 0 Å². The summed E-state index contributed by atoms with van der Waals surface area (Å²) in [4.78, 5) is 23.3. The summed E-state index contributed by atoms with van der Waals surface area (Å²) in [5, 5.41) is 2.67. The summed E-state index contributed by atoms with van der Waals surface area (Å²) in [6.45, 7) is -2.82. The molecule has 2 aromatic carbocycles. The molecule has 0 aliphatic rings. The number of nitrogens with one attached hydrogen (secondary N) is 1. The zero-order valence-corrected chi connectivity index (χ0v) is 14.4. The fourth-order valence-electron chi connectivity index (χ4n) is 2.15. The van der Waals surface area contributed by atoms with Gasteiger partial charge in [-0.25, -0.2) is 4.79 Å². The number of ether oxygens (including phenoxy) is 2. The lowest BCUT2D eigenvalue weighted by atomic mass is 10.1. The van der Waals surface area contributed by atoms with Crippen LogP contribution >= 0.6 is 0 Å². The largest absolute Gasteiger partial charge is 0.452 e. The summed E-state index contributed by atoms with van der Waals surface area (Å²) < 4.78 is 33.2. The molecule has 5 nitrogen and oxygen atoms in total. The first-order valence-corrected chi connectivity index (χ1v) is 8.23. The van der Waals surface area contributed by atoms with Crippen LogP contribution in [0.25, 0.3) is 6.08 Å². The zero-order valence-electron chi connectivity index (χ0n) is 14.4. The molecule has 0 spiro atoms. The minimum absolute atomic E-state index is 0.0249. The highest BCUT2D eigenvalue weighted by Crippen LogP contribution is 2.15. The highest BCUT2D eigenvalue weighted by molar-refractivity contribution is 5.89. The van der Waals surface area contributed by atoms with Crippen molar-refractivity contribution >= 4 is 18.0 Å². The monoisotopic (exact) mass is 375 g/mol. The van der Waals surface area contributed by atoms with E-state index in [0.29, 0.717) is 18.5 Å². The number of hydrogen-bond donors (Lipinski definition) is 1. The van der Waals surface area contributed by atoms with E-state index in [0.717, 1.165) is 11.6 Å². The highest BCUT2D eigenvalue weighted by Gasteiger charge is 2.05. The maximum absolute atomic E-state index is 12.1. The smallest absolute Gasteiger partial charge is 0.387 e. The highest BCUT2D eigenvalue weighted by atomic mass is 19.3. The lowest BCUT2D eigenvalue weighted by Gasteiger charge is -2.05. The average molecular weight is 375 g/mol. The second kappa shape index (κ2) is 10.7. The van der Waals surface area contributed by atoms with Crippen molar-refractivity contribution in [2.45, 2.75) is 13.0 Å². The Hall–Kier alpha value is -3.22. The summed E-state index contributed by atoms with van der Waals surface area (Å²) in [6.07, 6.45) is 3.29. The number of esters is 1. The van der Waals surface area contributed by atoms with Crippen LogP contribution in [0.3, 0.4) is 0 Å². The number of rotatable bonds is 9. The zero-order chi connectivity index (χ0) is 19.5. The second-order valence-corrected chi connectivity index (χ2v) is 5.47. The Bertz CT molecular complexity index is 761. The van der Waals surface area contributed by atoms with E-state index in [9.17, 15) is 18.4 Å². The van der Waals surface area contributed by atoms with Gasteiger partial charge in [0.25, 0.3) is 5.91 Å². The Morgan fingerprint density at radius 1 is 1.04 bits per heavy atom. The summed E-state index contributed by atoms with van der Waals surface area (Å²) in [6, 6.07) is 15.4. The molecule has 0 radical (unpaired) electrons. The number of carbonyl (C=O) groups excluding carboxylic acids is 2. The van der Waals surface area contributed by atoms with Crippen LogP contribution in [-0.2, 0) is 20.7 Å². The van der Waals surface area contributed by atoms with Gasteiger partial charge >= 0.3 is 12.6 Å². The molecule has 0 unspecified atom stereocenters. The molecule has 0 atom stereocenters. The van der Waals surface area contributed by atoms with Crippen molar-refractivity contribution in [3.8, 4) is 5.75 Å². The summed E-state index contributed by atoms with van der Waals surface area (Å²) in [5.41, 5.74) is 1.70. The predicted molar refractivity (Wildman–Crippen MR) is 96.2 cm³/mol. The van der Waals surface area contributed by atoms with Crippen LogP contribution in [0.1, 0.15) is 11.1 Å². The number of halogens is 2. The molecule has 2 aromatic rings. The fourth-order valence-corrected chi connectivity index (χ4v) is 2.15. The molecule has 0 bridgehead atoms. The van der Waals surface area contributed by atoms with Crippen molar-refractivity contribution in [3.63, 3.8) is 0 Å². The Kier molecular flexibility index (Phi) is 7.96. The third-order valence-electron chi connectivity index (χ3n) is 3.44. The third-order valence-corrected chi connectivity index (χ3v) is 3.44. The Morgan fingerprint density at radius 2 is 1.74 bits per heavy atom. The SMILES string of the molecule is O=C(COC(=O)/C=C/c1ccc(OC(F)F)cc1)NCCc1ccccc1. The molecular formula is C20H19F2NO4. The minimum atomic E-state index is -2.89. The van der Waals surface area contributed by atoms with Crippen molar-refractivity contribution in [1.29, 1.82) is 0 Å². The number of alkyl halides is 2. The van der Waals surface area contributed by atoms with Crippen molar-refractivity contribution in [2.75, 3.05) is 13.2 Å². The molecule has 0 aliphatic heterocycles. The van der Waals surface area contributed by atoms with Gasteiger partial charge in [0.05, 0.1) is 0 Å². The first kappa shape index (κ1) is 20.1. The van der Waals surface area contributed by atoms with E-state index in [1.54, 1.807) is 0 Å². The van der Waals surface area contributed by atoms with Gasteiger partial charge in [0.15, 0.2) is 6.61 Å². The van der Waals surface area contributed by atoms with Gasteiger partial charge in [-0.15, -0.1) is 0 Å². The van der Waals surface area contributed by atoms with Gasteiger partial charge in [-0.05, 0) is 35.8 Å². The van der Waals surface area contributed by atoms with E-state index in [1.165, 1.54) is 30.3 Å². The normalized spacial score (nSPS) is 10.8. The van der Waals surface area contributed by atoms with Crippen LogP contribution < -0.4 is 10.1 Å². The van der Waals surface area contributed by atoms with Gasteiger partial charge in [0.1, 0.15) is 5.75 Å². The quantitative estimate of drug-likeness (QED) is 0.540. The first-order chi connectivity index (χ1) is 13.0. The van der Waals surface area contributed by atoms with Gasteiger partial charge in [0.2, 0.25) is 0 Å². The lowest BCUT2D eigenvalue weighted by molar-refractivity contribution is -0.143. The standard InChI is InChI=1S/C20H19F2NO4/c21-20(22)27-17-9-6-16(7-10-17)8-11-19(25)26-14-18(24)23-13-12-15-4-2-1-3-5-15/h1-11,20H,12-14H2,(H,23,24)/b11-8+. The van der Waals surface area contributed by atoms with Gasteiger partial charge in [0, 0.05) is 12.6 Å². The van der Waals surface area contributed by atoms with E-state index in [2.05, 4.69) is 10.1 Å². The molecular weight excluding hydrogens is 356 g/mol. The maximum atomic E-state index is 12.1. The fraction of sp³-hybridized carbons (Fsp3) is 0.200. The van der Waals surface area contributed by atoms with Crippen molar-refractivity contribution in [3.05, 3.63) is 71.8 Å². The molecule has 0 heterocycles. The van der Waals surface area contributed by atoms with Crippen LogP contribution in [-0.4, -0.2) is 31.6 Å². The molecule has 1 N–H and O–H groups in total. The molecule has 0 aromatic heterocycles. The molecule has 142 valence electrons. The summed E-state index contributed by atoms with van der Waals surface area (Å²) in [7, 11) is 0. The predicted octanol–water partition coefficient (Wildman–Crippen LogP) is 3.20. The van der Waals surface area contributed by atoms with Crippen molar-refractivity contribution in [1.82, 2.24) is 5.32 Å². The maximum Gasteiger partial charge on any atom is 0.387 e. The third kappa shape index (κ3) is 8.13. The number of benzene rings is 2. The Labute approximate surface area is 155 Å². The van der Waals surface area contributed by atoms with Gasteiger partial charge in [-0.2, -0.15) is 8.78 Å². The number of hydrogen-bond acceptors (Lipinski definition) is 4. The molecule has 0 saturated carbocycles. The molecule has 2 rings (SSSR count). The molecule has 1 amide bonds. The lowest BCUT2D eigenvalue weighted by Crippen LogP contribution is -2.30. The summed E-state index contributed by atoms with van der Waals surface area (Å²) >= 11 is 0. The Balaban J connectivity index is 1.67. The second-order valence-electron chi connectivity index (χ2n) is 5.47. The van der Waals surface area contributed by atoms with Crippen LogP contribution in [0.15, 0.2) is 60.7 Å². The van der Waals surface area contributed by atoms with Crippen LogP contribution in [0, 0.1) is 0 Å². The number of amides is 1. The molecule has 0 saturated heterocycles. The minimum Gasteiger partial charge on any atom is -0.452 e. The summed E-state index contributed by atoms with van der Waals surface area (Å²) in [5.74, 6) is -1.04. The van der Waals surface area contributed by atoms with E-state index in [4.69, 9.17) is 4.74 Å². The van der Waals surface area contributed by atoms with E-state index in [-0.39, 0.29) is 18.3 Å². The first-order valence-electron chi connectivity index (χ1n) is 8.23. The average Bonchev–Trinajstić information content (AvgIpc) is 2.66. The van der Waals surface area contributed by atoms with E-state index in [1.807, 2.05) is 30.3 Å². The van der Waals surface area contributed by atoms with E-state index >= 15 is 0 Å².